The first kappa shape index (κ1) is 9.46. The lowest BCUT2D eigenvalue weighted by Crippen LogP contribution is -2.39. The summed E-state index contributed by atoms with van der Waals surface area (Å²) < 4.78 is 5.41. The zero-order valence-electron chi connectivity index (χ0n) is 8.77. The third kappa shape index (κ3) is 1.40. The van der Waals surface area contributed by atoms with E-state index >= 15 is 0 Å². The number of rotatable bonds is 0. The summed E-state index contributed by atoms with van der Waals surface area (Å²) in [5.41, 5.74) is 1.88. The van der Waals surface area contributed by atoms with Crippen LogP contribution in [0.5, 0.6) is 0 Å². The molecule has 3 heteroatoms. The Bertz CT molecular complexity index is 463. The summed E-state index contributed by atoms with van der Waals surface area (Å²) in [4.78, 5) is 11.3. The van der Waals surface area contributed by atoms with E-state index in [1.54, 1.807) is 0 Å². The van der Waals surface area contributed by atoms with E-state index in [0.29, 0.717) is 19.3 Å². The molecule has 0 saturated heterocycles. The minimum atomic E-state index is -0.542. The Kier molecular flexibility index (Phi) is 1.84. The van der Waals surface area contributed by atoms with Crippen molar-refractivity contribution in [1.82, 2.24) is 0 Å². The molecule has 0 amide bonds. The van der Waals surface area contributed by atoms with Gasteiger partial charge in [-0.25, -0.2) is 4.79 Å². The Labute approximate surface area is 93.4 Å². The fourth-order valence-electron chi connectivity index (χ4n) is 2.65. The SMILES string of the molecule is O=C1C=C(O)CC2(Cc3ccccc3C2)O1. The molecule has 1 spiro atoms. The van der Waals surface area contributed by atoms with Crippen LogP contribution < -0.4 is 0 Å². The molecule has 0 atom stereocenters. The Morgan fingerprint density at radius 3 is 2.31 bits per heavy atom. The Morgan fingerprint density at radius 2 is 1.75 bits per heavy atom. The smallest absolute Gasteiger partial charge is 0.334 e. The molecule has 0 aromatic heterocycles. The van der Waals surface area contributed by atoms with Crippen molar-refractivity contribution in [3.8, 4) is 0 Å². The maximum Gasteiger partial charge on any atom is 0.334 e. The van der Waals surface area contributed by atoms with Crippen LogP contribution >= 0.6 is 0 Å². The Hall–Kier alpha value is -1.77. The zero-order valence-corrected chi connectivity index (χ0v) is 8.77. The summed E-state index contributed by atoms with van der Waals surface area (Å²) in [6.45, 7) is 0. The average Bonchev–Trinajstić information content (AvgIpc) is 2.52. The molecule has 1 N–H and O–H groups in total. The van der Waals surface area contributed by atoms with E-state index in [9.17, 15) is 9.90 Å². The van der Waals surface area contributed by atoms with Crippen molar-refractivity contribution in [3.63, 3.8) is 0 Å². The number of carbonyl (C=O) groups is 1. The maximum absolute atomic E-state index is 11.3. The molecule has 0 radical (unpaired) electrons. The van der Waals surface area contributed by atoms with Crippen molar-refractivity contribution in [3.05, 3.63) is 47.2 Å². The van der Waals surface area contributed by atoms with Gasteiger partial charge < -0.3 is 9.84 Å². The van der Waals surface area contributed by atoms with Crippen LogP contribution in [-0.2, 0) is 22.4 Å². The standard InChI is InChI=1S/C13H12O3/c14-11-5-12(15)16-13(8-11)6-9-3-1-2-4-10(9)7-13/h1-5,14H,6-8H2. The van der Waals surface area contributed by atoms with Crippen molar-refractivity contribution >= 4 is 5.97 Å². The van der Waals surface area contributed by atoms with E-state index in [0.717, 1.165) is 6.08 Å². The highest BCUT2D eigenvalue weighted by atomic mass is 16.6. The second-order valence-electron chi connectivity index (χ2n) is 4.54. The van der Waals surface area contributed by atoms with Gasteiger partial charge in [-0.3, -0.25) is 0 Å². The first-order chi connectivity index (χ1) is 7.67. The maximum atomic E-state index is 11.3. The minimum Gasteiger partial charge on any atom is -0.512 e. The van der Waals surface area contributed by atoms with Crippen LogP contribution in [0.4, 0.5) is 0 Å². The molecule has 1 aromatic carbocycles. The highest BCUT2D eigenvalue weighted by Crippen LogP contribution is 2.38. The predicted molar refractivity (Wildman–Crippen MR) is 58.0 cm³/mol. The summed E-state index contributed by atoms with van der Waals surface area (Å²) >= 11 is 0. The highest BCUT2D eigenvalue weighted by molar-refractivity contribution is 5.84. The molecular formula is C13H12O3. The lowest BCUT2D eigenvalue weighted by atomic mass is 9.93. The van der Waals surface area contributed by atoms with Gasteiger partial charge in [0.25, 0.3) is 0 Å². The molecule has 1 aromatic rings. The van der Waals surface area contributed by atoms with Gasteiger partial charge in [0.15, 0.2) is 0 Å². The molecular weight excluding hydrogens is 204 g/mol. The number of benzene rings is 1. The molecule has 0 unspecified atom stereocenters. The van der Waals surface area contributed by atoms with Gasteiger partial charge in [-0.2, -0.15) is 0 Å². The van der Waals surface area contributed by atoms with E-state index in [2.05, 4.69) is 0 Å². The van der Waals surface area contributed by atoms with Crippen LogP contribution in [0.3, 0.4) is 0 Å². The van der Waals surface area contributed by atoms with Gasteiger partial charge in [-0.1, -0.05) is 24.3 Å². The van der Waals surface area contributed by atoms with Crippen LogP contribution in [0.2, 0.25) is 0 Å². The van der Waals surface area contributed by atoms with Crippen molar-refractivity contribution in [2.45, 2.75) is 24.9 Å². The molecule has 1 heterocycles. The van der Waals surface area contributed by atoms with Crippen molar-refractivity contribution in [1.29, 1.82) is 0 Å². The number of fused-ring (bicyclic) bond motifs is 1. The number of aliphatic hydroxyl groups is 1. The minimum absolute atomic E-state index is 0.129. The van der Waals surface area contributed by atoms with Gasteiger partial charge in [0, 0.05) is 19.3 Å². The van der Waals surface area contributed by atoms with Crippen LogP contribution in [0.1, 0.15) is 17.5 Å². The number of esters is 1. The fourth-order valence-corrected chi connectivity index (χ4v) is 2.65. The van der Waals surface area contributed by atoms with E-state index in [1.807, 2.05) is 24.3 Å². The Balaban J connectivity index is 1.95. The van der Waals surface area contributed by atoms with Crippen LogP contribution in [0.25, 0.3) is 0 Å². The summed E-state index contributed by atoms with van der Waals surface area (Å²) in [5.74, 6) is -0.305. The second-order valence-corrected chi connectivity index (χ2v) is 4.54. The largest absolute Gasteiger partial charge is 0.512 e. The number of hydrogen-bond acceptors (Lipinski definition) is 3. The molecule has 3 rings (SSSR count). The number of aliphatic hydroxyl groups excluding tert-OH is 1. The van der Waals surface area contributed by atoms with Gasteiger partial charge in [0.05, 0.1) is 6.08 Å². The third-order valence-corrected chi connectivity index (χ3v) is 3.25. The van der Waals surface area contributed by atoms with Gasteiger partial charge in [0.2, 0.25) is 0 Å². The van der Waals surface area contributed by atoms with Crippen molar-refractivity contribution < 1.29 is 14.6 Å². The number of ether oxygens (including phenoxy) is 1. The number of carbonyl (C=O) groups excluding carboxylic acids is 1. The molecule has 2 aliphatic rings. The van der Waals surface area contributed by atoms with E-state index in [1.165, 1.54) is 11.1 Å². The monoisotopic (exact) mass is 216 g/mol. The molecule has 3 nitrogen and oxygen atoms in total. The van der Waals surface area contributed by atoms with Gasteiger partial charge in [-0.05, 0) is 11.1 Å². The molecule has 16 heavy (non-hydrogen) atoms. The lowest BCUT2D eigenvalue weighted by molar-refractivity contribution is -0.155. The van der Waals surface area contributed by atoms with Gasteiger partial charge in [0.1, 0.15) is 11.4 Å². The molecule has 0 fully saturated rings. The highest BCUT2D eigenvalue weighted by Gasteiger charge is 2.43. The van der Waals surface area contributed by atoms with E-state index in [-0.39, 0.29) is 5.76 Å². The third-order valence-electron chi connectivity index (χ3n) is 3.25. The summed E-state index contributed by atoms with van der Waals surface area (Å²) in [6, 6.07) is 8.07. The van der Waals surface area contributed by atoms with Crippen LogP contribution in [0.15, 0.2) is 36.1 Å². The first-order valence-electron chi connectivity index (χ1n) is 5.36. The lowest BCUT2D eigenvalue weighted by Gasteiger charge is -2.31. The van der Waals surface area contributed by atoms with E-state index in [4.69, 9.17) is 4.74 Å². The van der Waals surface area contributed by atoms with E-state index < -0.39 is 11.6 Å². The predicted octanol–water partition coefficient (Wildman–Crippen LogP) is 1.91. The van der Waals surface area contributed by atoms with Gasteiger partial charge >= 0.3 is 5.97 Å². The zero-order chi connectivity index (χ0) is 11.2. The quantitative estimate of drug-likeness (QED) is 0.674. The molecule has 0 saturated carbocycles. The summed E-state index contributed by atoms with van der Waals surface area (Å²) in [7, 11) is 0. The average molecular weight is 216 g/mol. The first-order valence-corrected chi connectivity index (χ1v) is 5.36. The number of hydrogen-bond donors (Lipinski definition) is 1. The molecule has 82 valence electrons. The summed E-state index contributed by atoms with van der Waals surface area (Å²) in [5, 5.41) is 9.54. The molecule has 0 bridgehead atoms. The van der Waals surface area contributed by atoms with Crippen LogP contribution in [-0.4, -0.2) is 16.7 Å². The van der Waals surface area contributed by atoms with Crippen LogP contribution in [0, 0.1) is 0 Å². The molecule has 1 aliphatic carbocycles. The Morgan fingerprint density at radius 1 is 1.12 bits per heavy atom. The topological polar surface area (TPSA) is 46.5 Å². The summed E-state index contributed by atoms with van der Waals surface area (Å²) in [6.07, 6.45) is 2.99. The second kappa shape index (κ2) is 3.11. The van der Waals surface area contributed by atoms with Gasteiger partial charge in [-0.15, -0.1) is 0 Å². The normalized spacial score (nSPS) is 21.5. The van der Waals surface area contributed by atoms with Crippen molar-refractivity contribution in [2.24, 2.45) is 0 Å². The molecule has 1 aliphatic heterocycles. The van der Waals surface area contributed by atoms with Crippen molar-refractivity contribution in [2.75, 3.05) is 0 Å². The fraction of sp³-hybridized carbons (Fsp3) is 0.308.